The van der Waals surface area contributed by atoms with Crippen molar-refractivity contribution in [3.63, 3.8) is 0 Å². The number of morpholine rings is 1. The number of methoxy groups -OCH3 is 1. The number of ether oxygens (including phenoxy) is 3. The van der Waals surface area contributed by atoms with Crippen LogP contribution in [0.25, 0.3) is 0 Å². The predicted octanol–water partition coefficient (Wildman–Crippen LogP) is 1.95. The van der Waals surface area contributed by atoms with Gasteiger partial charge < -0.3 is 24.8 Å². The molecule has 1 aromatic carbocycles. The van der Waals surface area contributed by atoms with Gasteiger partial charge in [0, 0.05) is 59.3 Å². The number of guanidine groups is 1. The quantitative estimate of drug-likeness (QED) is 0.493. The minimum absolute atomic E-state index is 0.109. The van der Waals surface area contributed by atoms with E-state index in [9.17, 15) is 4.39 Å². The van der Waals surface area contributed by atoms with Gasteiger partial charge in [0.2, 0.25) is 0 Å². The summed E-state index contributed by atoms with van der Waals surface area (Å²) >= 11 is 0. The molecule has 2 aliphatic rings. The third kappa shape index (κ3) is 6.38. The van der Waals surface area contributed by atoms with Crippen molar-refractivity contribution in [2.75, 3.05) is 66.3 Å². The number of nitrogens with zero attached hydrogens (tertiary/aromatic N) is 2. The van der Waals surface area contributed by atoms with Crippen LogP contribution in [0.2, 0.25) is 0 Å². The lowest BCUT2D eigenvalue weighted by molar-refractivity contribution is -0.0828. The number of rotatable bonds is 8. The van der Waals surface area contributed by atoms with Gasteiger partial charge in [-0.1, -0.05) is 12.1 Å². The van der Waals surface area contributed by atoms with Crippen LogP contribution in [0.1, 0.15) is 31.4 Å². The molecule has 8 heteroatoms. The zero-order chi connectivity index (χ0) is 21.2. The fourth-order valence-electron chi connectivity index (χ4n) is 3.96. The molecule has 3 rings (SSSR count). The Morgan fingerprint density at radius 3 is 2.43 bits per heavy atom. The maximum absolute atomic E-state index is 13.5. The van der Waals surface area contributed by atoms with Gasteiger partial charge >= 0.3 is 0 Å². The van der Waals surface area contributed by atoms with E-state index < -0.39 is 0 Å². The molecule has 0 bridgehead atoms. The van der Waals surface area contributed by atoms with Crippen LogP contribution in [0, 0.1) is 5.82 Å². The molecule has 1 aromatic rings. The lowest BCUT2D eigenvalue weighted by Gasteiger charge is -2.36. The second-order valence-electron chi connectivity index (χ2n) is 7.79. The topological polar surface area (TPSA) is 67.4 Å². The van der Waals surface area contributed by atoms with Crippen molar-refractivity contribution in [3.8, 4) is 0 Å². The number of halogens is 1. The summed E-state index contributed by atoms with van der Waals surface area (Å²) < 4.78 is 30.3. The normalized spacial score (nSPS) is 21.2. The van der Waals surface area contributed by atoms with E-state index in [4.69, 9.17) is 19.2 Å². The molecule has 0 saturated carbocycles. The molecule has 0 aliphatic carbocycles. The van der Waals surface area contributed by atoms with Crippen LogP contribution >= 0.6 is 0 Å². The first-order valence-corrected chi connectivity index (χ1v) is 10.9. The highest BCUT2D eigenvalue weighted by atomic mass is 19.1. The Bertz CT molecular complexity index is 659. The van der Waals surface area contributed by atoms with Crippen LogP contribution in [0.15, 0.2) is 29.3 Å². The van der Waals surface area contributed by atoms with Crippen molar-refractivity contribution in [1.29, 1.82) is 0 Å². The van der Waals surface area contributed by atoms with Gasteiger partial charge in [-0.25, -0.2) is 4.39 Å². The maximum atomic E-state index is 13.5. The summed E-state index contributed by atoms with van der Waals surface area (Å²) in [6, 6.07) is 6.88. The van der Waals surface area contributed by atoms with Crippen LogP contribution in [-0.2, 0) is 14.2 Å². The van der Waals surface area contributed by atoms with Crippen LogP contribution in [0.3, 0.4) is 0 Å². The van der Waals surface area contributed by atoms with Gasteiger partial charge in [0.25, 0.3) is 0 Å². The van der Waals surface area contributed by atoms with Gasteiger partial charge in [-0.3, -0.25) is 9.89 Å². The van der Waals surface area contributed by atoms with E-state index in [0.717, 1.165) is 44.0 Å². The number of nitrogens with one attached hydrogen (secondary N) is 2. The average molecular weight is 423 g/mol. The van der Waals surface area contributed by atoms with E-state index in [1.54, 1.807) is 7.11 Å². The van der Waals surface area contributed by atoms with E-state index in [1.807, 2.05) is 12.1 Å². The molecule has 0 aromatic heterocycles. The molecular weight excluding hydrogens is 387 g/mol. The first kappa shape index (κ1) is 22.9. The second kappa shape index (κ2) is 11.6. The maximum Gasteiger partial charge on any atom is 0.191 e. The Balaban J connectivity index is 1.69. The van der Waals surface area contributed by atoms with Gasteiger partial charge in [0.15, 0.2) is 5.96 Å². The van der Waals surface area contributed by atoms with Crippen molar-refractivity contribution in [1.82, 2.24) is 15.5 Å². The molecule has 0 amide bonds. The van der Waals surface area contributed by atoms with Crippen LogP contribution < -0.4 is 10.6 Å². The molecule has 2 aliphatic heterocycles. The minimum Gasteiger partial charge on any atom is -0.381 e. The fraction of sp³-hybridized carbons (Fsp3) is 0.682. The fourth-order valence-corrected chi connectivity index (χ4v) is 3.96. The lowest BCUT2D eigenvalue weighted by Crippen LogP contribution is -2.47. The van der Waals surface area contributed by atoms with Gasteiger partial charge in [-0.15, -0.1) is 0 Å². The molecular formula is C22H35FN4O3. The summed E-state index contributed by atoms with van der Waals surface area (Å²) in [4.78, 5) is 7.19. The third-order valence-corrected chi connectivity index (χ3v) is 5.91. The van der Waals surface area contributed by atoms with Gasteiger partial charge in [0.05, 0.1) is 31.4 Å². The predicted molar refractivity (Wildman–Crippen MR) is 115 cm³/mol. The number of benzene rings is 1. The highest BCUT2D eigenvalue weighted by Gasteiger charge is 2.32. The van der Waals surface area contributed by atoms with E-state index >= 15 is 0 Å². The number of hydrogen-bond donors (Lipinski definition) is 2. The SMILES string of the molecule is CCNC(=NCC1(OC)CCOCC1)NCC(c1ccc(F)cc1)N1CCOCC1. The largest absolute Gasteiger partial charge is 0.381 e. The molecule has 2 saturated heterocycles. The Hall–Kier alpha value is -1.74. The number of hydrogen-bond acceptors (Lipinski definition) is 5. The molecule has 0 spiro atoms. The first-order valence-electron chi connectivity index (χ1n) is 10.9. The average Bonchev–Trinajstić information content (AvgIpc) is 2.80. The Morgan fingerprint density at radius 1 is 1.13 bits per heavy atom. The highest BCUT2D eigenvalue weighted by molar-refractivity contribution is 5.79. The summed E-state index contributed by atoms with van der Waals surface area (Å²) in [5.41, 5.74) is 0.820. The monoisotopic (exact) mass is 422 g/mol. The van der Waals surface area contributed by atoms with Crippen molar-refractivity contribution in [2.24, 2.45) is 4.99 Å². The van der Waals surface area contributed by atoms with Crippen LogP contribution in [-0.4, -0.2) is 82.7 Å². The van der Waals surface area contributed by atoms with Gasteiger partial charge in [-0.2, -0.15) is 0 Å². The van der Waals surface area contributed by atoms with Crippen molar-refractivity contribution in [3.05, 3.63) is 35.6 Å². The van der Waals surface area contributed by atoms with Gasteiger partial charge in [0.1, 0.15) is 5.82 Å². The Kier molecular flexibility index (Phi) is 8.87. The van der Waals surface area contributed by atoms with Crippen molar-refractivity contribution >= 4 is 5.96 Å². The molecule has 1 atom stereocenters. The van der Waals surface area contributed by atoms with E-state index in [0.29, 0.717) is 39.5 Å². The van der Waals surface area contributed by atoms with E-state index in [2.05, 4.69) is 22.5 Å². The molecule has 2 N–H and O–H groups in total. The van der Waals surface area contributed by atoms with Crippen molar-refractivity contribution < 1.29 is 18.6 Å². The Morgan fingerprint density at radius 2 is 1.80 bits per heavy atom. The second-order valence-corrected chi connectivity index (χ2v) is 7.79. The molecule has 2 fully saturated rings. The summed E-state index contributed by atoms with van der Waals surface area (Å²) in [5, 5.41) is 6.82. The smallest absolute Gasteiger partial charge is 0.191 e. The third-order valence-electron chi connectivity index (χ3n) is 5.91. The summed E-state index contributed by atoms with van der Waals surface area (Å²) in [5.74, 6) is 0.546. The minimum atomic E-state index is -0.263. The Labute approximate surface area is 179 Å². The molecule has 168 valence electrons. The van der Waals surface area contributed by atoms with E-state index in [1.165, 1.54) is 12.1 Å². The first-order chi connectivity index (χ1) is 14.7. The van der Waals surface area contributed by atoms with E-state index in [-0.39, 0.29) is 17.5 Å². The van der Waals surface area contributed by atoms with Crippen LogP contribution in [0.5, 0.6) is 0 Å². The standard InChI is InChI=1S/C22H35FN4O3/c1-3-24-21(26-17-22(28-2)8-12-29-13-9-22)25-16-20(27-10-14-30-15-11-27)18-4-6-19(23)7-5-18/h4-7,20H,3,8-17H2,1-2H3,(H2,24,25,26). The molecule has 0 radical (unpaired) electrons. The molecule has 1 unspecified atom stereocenters. The zero-order valence-electron chi connectivity index (χ0n) is 18.2. The zero-order valence-corrected chi connectivity index (χ0v) is 18.2. The molecule has 2 heterocycles. The highest BCUT2D eigenvalue weighted by Crippen LogP contribution is 2.25. The van der Waals surface area contributed by atoms with Crippen molar-refractivity contribution in [2.45, 2.75) is 31.4 Å². The van der Waals surface area contributed by atoms with Gasteiger partial charge in [-0.05, 0) is 24.6 Å². The molecule has 7 nitrogen and oxygen atoms in total. The lowest BCUT2D eigenvalue weighted by atomic mass is 9.94. The summed E-state index contributed by atoms with van der Waals surface area (Å²) in [6.45, 7) is 8.61. The summed E-state index contributed by atoms with van der Waals surface area (Å²) in [6.07, 6.45) is 1.69. The molecule has 30 heavy (non-hydrogen) atoms. The number of aliphatic imine (C=N–C) groups is 1. The van der Waals surface area contributed by atoms with Crippen LogP contribution in [0.4, 0.5) is 4.39 Å². The summed E-state index contributed by atoms with van der Waals surface area (Å²) in [7, 11) is 1.75.